The van der Waals surface area contributed by atoms with Gasteiger partial charge in [-0.25, -0.2) is 9.97 Å². The molecule has 1 aromatic heterocycles. The van der Waals surface area contributed by atoms with Gasteiger partial charge in [0, 0.05) is 12.6 Å². The van der Waals surface area contributed by atoms with E-state index in [0.717, 1.165) is 12.1 Å². The van der Waals surface area contributed by atoms with Crippen molar-refractivity contribution in [3.8, 4) is 0 Å². The summed E-state index contributed by atoms with van der Waals surface area (Å²) in [5.74, 6) is 0.808. The Bertz CT molecular complexity index is 369. The molecule has 2 heterocycles. The summed E-state index contributed by atoms with van der Waals surface area (Å²) in [7, 11) is 0. The van der Waals surface area contributed by atoms with Gasteiger partial charge in [0.1, 0.15) is 5.82 Å². The Labute approximate surface area is 82.3 Å². The fraction of sp³-hybridized carbons (Fsp3) is 0.300. The molecule has 0 atom stereocenters. The summed E-state index contributed by atoms with van der Waals surface area (Å²) in [4.78, 5) is 21.2. The second kappa shape index (κ2) is 3.57. The van der Waals surface area contributed by atoms with E-state index in [1.807, 2.05) is 13.0 Å². The molecule has 2 rings (SSSR count). The van der Waals surface area contributed by atoms with Crippen molar-refractivity contribution >= 4 is 11.6 Å². The summed E-state index contributed by atoms with van der Waals surface area (Å²) in [6.07, 6.45) is 8.46. The van der Waals surface area contributed by atoms with Crippen molar-refractivity contribution in [1.82, 2.24) is 9.97 Å². The second-order valence-electron chi connectivity index (χ2n) is 3.18. The van der Waals surface area contributed by atoms with E-state index in [9.17, 15) is 4.79 Å². The average Bonchev–Trinajstić information content (AvgIpc) is 2.20. The van der Waals surface area contributed by atoms with Crippen LogP contribution in [-0.2, 0) is 4.79 Å². The van der Waals surface area contributed by atoms with Gasteiger partial charge in [-0.05, 0) is 13.3 Å². The van der Waals surface area contributed by atoms with Gasteiger partial charge >= 0.3 is 0 Å². The maximum absolute atomic E-state index is 11.5. The minimum atomic E-state index is 0.0972. The predicted molar refractivity (Wildman–Crippen MR) is 52.6 cm³/mol. The van der Waals surface area contributed by atoms with E-state index in [4.69, 9.17) is 0 Å². The van der Waals surface area contributed by atoms with Crippen molar-refractivity contribution in [2.75, 3.05) is 4.90 Å². The van der Waals surface area contributed by atoms with Crippen LogP contribution < -0.4 is 4.90 Å². The van der Waals surface area contributed by atoms with Gasteiger partial charge in [0.15, 0.2) is 0 Å². The number of rotatable bonds is 1. The summed E-state index contributed by atoms with van der Waals surface area (Å²) in [5.41, 5.74) is 0.733. The first kappa shape index (κ1) is 8.87. The lowest BCUT2D eigenvalue weighted by Gasteiger charge is -2.20. The summed E-state index contributed by atoms with van der Waals surface area (Å²) < 4.78 is 0. The van der Waals surface area contributed by atoms with E-state index in [2.05, 4.69) is 9.97 Å². The Morgan fingerprint density at radius 2 is 2.07 bits per heavy atom. The largest absolute Gasteiger partial charge is 0.285 e. The lowest BCUT2D eigenvalue weighted by atomic mass is 10.2. The van der Waals surface area contributed by atoms with Crippen LogP contribution in [0, 0.1) is 6.92 Å². The minimum absolute atomic E-state index is 0.0972. The number of hydrogen-bond acceptors (Lipinski definition) is 3. The topological polar surface area (TPSA) is 46.1 Å². The molecule has 0 saturated carbocycles. The maximum atomic E-state index is 11.5. The first-order valence-electron chi connectivity index (χ1n) is 4.55. The minimum Gasteiger partial charge on any atom is -0.285 e. The molecule has 0 unspecified atom stereocenters. The lowest BCUT2D eigenvalue weighted by Crippen LogP contribution is -2.27. The monoisotopic (exact) mass is 189 g/mol. The number of hydrogen-bond donors (Lipinski definition) is 0. The maximum Gasteiger partial charge on any atom is 0.231 e. The predicted octanol–water partition coefficient (Wildman–Crippen LogP) is 1.43. The molecular weight excluding hydrogens is 178 g/mol. The van der Waals surface area contributed by atoms with Crippen LogP contribution in [0.15, 0.2) is 24.7 Å². The Balaban J connectivity index is 2.29. The van der Waals surface area contributed by atoms with E-state index < -0.39 is 0 Å². The first-order valence-corrected chi connectivity index (χ1v) is 4.55. The third-order valence-corrected chi connectivity index (χ3v) is 2.09. The molecule has 0 radical (unpaired) electrons. The van der Waals surface area contributed by atoms with Gasteiger partial charge < -0.3 is 0 Å². The summed E-state index contributed by atoms with van der Waals surface area (Å²) in [6, 6.07) is 0. The fourth-order valence-corrected chi connectivity index (χ4v) is 1.33. The van der Waals surface area contributed by atoms with E-state index in [1.165, 1.54) is 0 Å². The van der Waals surface area contributed by atoms with Crippen LogP contribution in [0.5, 0.6) is 0 Å². The molecule has 0 bridgehead atoms. The highest BCUT2D eigenvalue weighted by Gasteiger charge is 2.15. The number of carbonyl (C=O) groups is 1. The van der Waals surface area contributed by atoms with Gasteiger partial charge in [-0.3, -0.25) is 9.69 Å². The van der Waals surface area contributed by atoms with Crippen molar-refractivity contribution in [1.29, 1.82) is 0 Å². The van der Waals surface area contributed by atoms with Crippen LogP contribution in [0.4, 0.5) is 5.69 Å². The number of aromatic nitrogens is 2. The number of carbonyl (C=O) groups excluding carboxylic acids is 1. The van der Waals surface area contributed by atoms with Crippen LogP contribution in [0.1, 0.15) is 18.7 Å². The van der Waals surface area contributed by atoms with Gasteiger partial charge in [-0.15, -0.1) is 0 Å². The fourth-order valence-electron chi connectivity index (χ4n) is 1.33. The van der Waals surface area contributed by atoms with E-state index in [0.29, 0.717) is 12.2 Å². The van der Waals surface area contributed by atoms with Crippen molar-refractivity contribution in [2.24, 2.45) is 0 Å². The van der Waals surface area contributed by atoms with Crippen LogP contribution in [0.2, 0.25) is 0 Å². The van der Waals surface area contributed by atoms with Crippen LogP contribution >= 0.6 is 0 Å². The van der Waals surface area contributed by atoms with Gasteiger partial charge in [-0.1, -0.05) is 6.08 Å². The second-order valence-corrected chi connectivity index (χ2v) is 3.18. The Kier molecular flexibility index (Phi) is 2.26. The molecule has 0 aromatic carbocycles. The third-order valence-electron chi connectivity index (χ3n) is 2.09. The number of aryl methyl sites for hydroxylation is 1. The van der Waals surface area contributed by atoms with Crippen LogP contribution in [0.25, 0.3) is 0 Å². The molecule has 4 nitrogen and oxygen atoms in total. The van der Waals surface area contributed by atoms with Gasteiger partial charge in [0.2, 0.25) is 5.91 Å². The molecule has 72 valence electrons. The zero-order chi connectivity index (χ0) is 9.97. The molecule has 14 heavy (non-hydrogen) atoms. The SMILES string of the molecule is Cc1ncc(N2C=CCCC2=O)cn1. The molecule has 0 fully saturated rings. The van der Waals surface area contributed by atoms with Crippen LogP contribution in [-0.4, -0.2) is 15.9 Å². The zero-order valence-corrected chi connectivity index (χ0v) is 7.97. The highest BCUT2D eigenvalue weighted by atomic mass is 16.2. The quantitative estimate of drug-likeness (QED) is 0.671. The van der Waals surface area contributed by atoms with Gasteiger partial charge in [0.05, 0.1) is 18.1 Å². The molecular formula is C10H11N3O. The Morgan fingerprint density at radius 1 is 1.36 bits per heavy atom. The highest BCUT2D eigenvalue weighted by Crippen LogP contribution is 2.17. The molecule has 1 aromatic rings. The number of allylic oxidation sites excluding steroid dienone is 1. The van der Waals surface area contributed by atoms with Crippen molar-refractivity contribution in [3.05, 3.63) is 30.5 Å². The van der Waals surface area contributed by atoms with Crippen molar-refractivity contribution < 1.29 is 4.79 Å². The molecule has 1 aliphatic heterocycles. The lowest BCUT2D eigenvalue weighted by molar-refractivity contribution is -0.118. The standard InChI is InChI=1S/C10H11N3O/c1-8-11-6-9(7-12-8)13-5-3-2-4-10(13)14/h3,5-7H,2,4H2,1H3. The summed E-state index contributed by atoms with van der Waals surface area (Å²) in [6.45, 7) is 1.82. The molecule has 1 aliphatic rings. The van der Waals surface area contributed by atoms with E-state index in [-0.39, 0.29) is 5.91 Å². The van der Waals surface area contributed by atoms with Crippen molar-refractivity contribution in [3.63, 3.8) is 0 Å². The normalized spacial score (nSPS) is 16.1. The number of anilines is 1. The number of amides is 1. The molecule has 4 heteroatoms. The van der Waals surface area contributed by atoms with E-state index >= 15 is 0 Å². The number of nitrogens with zero attached hydrogens (tertiary/aromatic N) is 3. The molecule has 0 spiro atoms. The Morgan fingerprint density at radius 3 is 2.71 bits per heavy atom. The Hall–Kier alpha value is -1.71. The van der Waals surface area contributed by atoms with Gasteiger partial charge in [0.25, 0.3) is 0 Å². The van der Waals surface area contributed by atoms with Crippen LogP contribution in [0.3, 0.4) is 0 Å². The average molecular weight is 189 g/mol. The first-order chi connectivity index (χ1) is 6.77. The molecule has 1 amide bonds. The van der Waals surface area contributed by atoms with Gasteiger partial charge in [-0.2, -0.15) is 0 Å². The molecule has 0 aliphatic carbocycles. The molecule has 0 saturated heterocycles. The van der Waals surface area contributed by atoms with Crippen molar-refractivity contribution in [2.45, 2.75) is 19.8 Å². The highest BCUT2D eigenvalue weighted by molar-refractivity contribution is 5.95. The summed E-state index contributed by atoms with van der Waals surface area (Å²) in [5, 5.41) is 0. The smallest absolute Gasteiger partial charge is 0.231 e. The molecule has 0 N–H and O–H groups in total. The van der Waals surface area contributed by atoms with E-state index in [1.54, 1.807) is 23.5 Å². The third kappa shape index (κ3) is 1.64. The zero-order valence-electron chi connectivity index (χ0n) is 7.97. The summed E-state index contributed by atoms with van der Waals surface area (Å²) >= 11 is 0.